The van der Waals surface area contributed by atoms with Crippen LogP contribution in [0.1, 0.15) is 37.0 Å². The summed E-state index contributed by atoms with van der Waals surface area (Å²) in [6.07, 6.45) is -0.222. The number of alkyl halides is 2. The van der Waals surface area contributed by atoms with E-state index in [0.29, 0.717) is 11.4 Å². The molecule has 1 amide bonds. The second-order valence-corrected chi connectivity index (χ2v) is 9.41. The number of nitrogens with zero attached hydrogens (tertiary/aromatic N) is 1. The van der Waals surface area contributed by atoms with Crippen molar-refractivity contribution in [2.45, 2.75) is 43.6 Å². The van der Waals surface area contributed by atoms with Crippen LogP contribution in [0.15, 0.2) is 53.4 Å². The van der Waals surface area contributed by atoms with Crippen LogP contribution in [0.5, 0.6) is 5.75 Å². The molecule has 0 atom stereocenters. The number of nitrogens with one attached hydrogen (secondary N) is 1. The lowest BCUT2D eigenvalue weighted by Gasteiger charge is -2.31. The van der Waals surface area contributed by atoms with Gasteiger partial charge in [0.1, 0.15) is 5.75 Å². The van der Waals surface area contributed by atoms with Crippen LogP contribution >= 0.6 is 0 Å². The summed E-state index contributed by atoms with van der Waals surface area (Å²) < 4.78 is 59.2. The fraction of sp³-hybridized carbons (Fsp3) is 0.381. The summed E-state index contributed by atoms with van der Waals surface area (Å²) in [5, 5.41) is 2.69. The molecule has 0 unspecified atom stereocenters. The molecular formula is C21H24F2N2O4S. The SMILES string of the molecule is CC(C)Oc1ccc(NC(=O)c2cccc(S(=O)(=O)N3CCCC(F)(F)C3)c2)cc1. The molecule has 0 spiro atoms. The van der Waals surface area contributed by atoms with E-state index < -0.39 is 28.4 Å². The fourth-order valence-corrected chi connectivity index (χ4v) is 4.73. The molecular weight excluding hydrogens is 414 g/mol. The molecule has 1 aliphatic heterocycles. The number of hydrogen-bond acceptors (Lipinski definition) is 4. The molecule has 1 N–H and O–H groups in total. The maximum absolute atomic E-state index is 13.7. The first kappa shape index (κ1) is 22.2. The maximum atomic E-state index is 13.7. The van der Waals surface area contributed by atoms with Crippen molar-refractivity contribution in [2.24, 2.45) is 0 Å². The number of hydrogen-bond donors (Lipinski definition) is 1. The normalized spacial score (nSPS) is 17.0. The average Bonchev–Trinajstić information content (AvgIpc) is 2.68. The minimum Gasteiger partial charge on any atom is -0.491 e. The quantitative estimate of drug-likeness (QED) is 0.735. The van der Waals surface area contributed by atoms with E-state index in [1.54, 1.807) is 24.3 Å². The van der Waals surface area contributed by atoms with Crippen LogP contribution in [0, 0.1) is 0 Å². The number of ether oxygens (including phenoxy) is 1. The van der Waals surface area contributed by atoms with Crippen molar-refractivity contribution in [2.75, 3.05) is 18.4 Å². The van der Waals surface area contributed by atoms with Gasteiger partial charge in [-0.05, 0) is 62.7 Å². The van der Waals surface area contributed by atoms with Crippen molar-refractivity contribution in [3.05, 3.63) is 54.1 Å². The van der Waals surface area contributed by atoms with Gasteiger partial charge in [0.05, 0.1) is 17.5 Å². The summed E-state index contributed by atoms with van der Waals surface area (Å²) in [6.45, 7) is 2.99. The van der Waals surface area contributed by atoms with Gasteiger partial charge in [-0.1, -0.05) is 6.07 Å². The molecule has 9 heteroatoms. The third kappa shape index (κ3) is 5.34. The molecule has 1 heterocycles. The highest BCUT2D eigenvalue weighted by molar-refractivity contribution is 7.89. The minimum absolute atomic E-state index is 0.0231. The molecule has 162 valence electrons. The molecule has 1 aliphatic rings. The molecule has 1 saturated heterocycles. The van der Waals surface area contributed by atoms with Crippen molar-refractivity contribution in [3.8, 4) is 5.75 Å². The van der Waals surface area contributed by atoms with E-state index in [1.807, 2.05) is 13.8 Å². The smallest absolute Gasteiger partial charge is 0.261 e. The predicted molar refractivity (Wildman–Crippen MR) is 110 cm³/mol. The first-order valence-corrected chi connectivity index (χ1v) is 11.1. The number of benzene rings is 2. The highest BCUT2D eigenvalue weighted by Gasteiger charge is 2.40. The van der Waals surface area contributed by atoms with E-state index in [1.165, 1.54) is 24.3 Å². The molecule has 1 fully saturated rings. The number of piperidine rings is 1. The van der Waals surface area contributed by atoms with Gasteiger partial charge in [0.15, 0.2) is 0 Å². The van der Waals surface area contributed by atoms with E-state index >= 15 is 0 Å². The maximum Gasteiger partial charge on any atom is 0.261 e. The Balaban J connectivity index is 1.75. The number of rotatable bonds is 6. The zero-order valence-corrected chi connectivity index (χ0v) is 17.6. The topological polar surface area (TPSA) is 75.7 Å². The van der Waals surface area contributed by atoms with Gasteiger partial charge >= 0.3 is 0 Å². The van der Waals surface area contributed by atoms with E-state index in [4.69, 9.17) is 4.74 Å². The van der Waals surface area contributed by atoms with Crippen LogP contribution in [0.25, 0.3) is 0 Å². The van der Waals surface area contributed by atoms with Gasteiger partial charge in [0, 0.05) is 24.2 Å². The second-order valence-electron chi connectivity index (χ2n) is 7.47. The number of carbonyl (C=O) groups is 1. The van der Waals surface area contributed by atoms with Crippen LogP contribution in [-0.4, -0.2) is 43.7 Å². The Morgan fingerprint density at radius 1 is 1.17 bits per heavy atom. The number of carbonyl (C=O) groups excluding carboxylic acids is 1. The lowest BCUT2D eigenvalue weighted by atomic mass is 10.1. The zero-order chi connectivity index (χ0) is 21.9. The molecule has 0 aliphatic carbocycles. The average molecular weight is 438 g/mol. The van der Waals surface area contributed by atoms with E-state index in [2.05, 4.69) is 5.32 Å². The molecule has 0 saturated carbocycles. The van der Waals surface area contributed by atoms with Crippen LogP contribution in [-0.2, 0) is 10.0 Å². The Morgan fingerprint density at radius 3 is 2.50 bits per heavy atom. The molecule has 30 heavy (non-hydrogen) atoms. The highest BCUT2D eigenvalue weighted by atomic mass is 32.2. The third-order valence-electron chi connectivity index (χ3n) is 4.58. The largest absolute Gasteiger partial charge is 0.491 e. The fourth-order valence-electron chi connectivity index (χ4n) is 3.17. The van der Waals surface area contributed by atoms with Gasteiger partial charge in [0.25, 0.3) is 11.8 Å². The van der Waals surface area contributed by atoms with E-state index in [0.717, 1.165) is 4.31 Å². The second kappa shape index (κ2) is 8.69. The molecule has 3 rings (SSSR count). The molecule has 0 bridgehead atoms. The summed E-state index contributed by atoms with van der Waals surface area (Å²) in [4.78, 5) is 12.4. The minimum atomic E-state index is -4.12. The molecule has 6 nitrogen and oxygen atoms in total. The van der Waals surface area contributed by atoms with E-state index in [-0.39, 0.29) is 35.9 Å². The Kier molecular flexibility index (Phi) is 6.42. The van der Waals surface area contributed by atoms with Gasteiger partial charge in [-0.3, -0.25) is 4.79 Å². The summed E-state index contributed by atoms with van der Waals surface area (Å²) in [7, 11) is -4.12. The van der Waals surface area contributed by atoms with Crippen LogP contribution in [0.3, 0.4) is 0 Å². The highest BCUT2D eigenvalue weighted by Crippen LogP contribution is 2.30. The van der Waals surface area contributed by atoms with Crippen LogP contribution in [0.2, 0.25) is 0 Å². The van der Waals surface area contributed by atoms with Crippen LogP contribution < -0.4 is 10.1 Å². The van der Waals surface area contributed by atoms with Crippen molar-refractivity contribution in [1.82, 2.24) is 4.31 Å². The molecule has 2 aromatic carbocycles. The molecule has 0 aromatic heterocycles. The number of halogens is 2. The summed E-state index contributed by atoms with van der Waals surface area (Å²) >= 11 is 0. The lowest BCUT2D eigenvalue weighted by Crippen LogP contribution is -2.45. The number of amides is 1. The summed E-state index contributed by atoms with van der Waals surface area (Å²) in [5.41, 5.74) is 0.627. The third-order valence-corrected chi connectivity index (χ3v) is 6.42. The van der Waals surface area contributed by atoms with Gasteiger partial charge < -0.3 is 10.1 Å². The predicted octanol–water partition coefficient (Wildman–Crippen LogP) is 4.15. The first-order valence-electron chi connectivity index (χ1n) is 9.63. The lowest BCUT2D eigenvalue weighted by molar-refractivity contribution is -0.0434. The number of anilines is 1. The monoisotopic (exact) mass is 438 g/mol. The summed E-state index contributed by atoms with van der Waals surface area (Å²) in [5.74, 6) is -2.89. The Hall–Kier alpha value is -2.52. The van der Waals surface area contributed by atoms with Gasteiger partial charge in [0.2, 0.25) is 10.0 Å². The van der Waals surface area contributed by atoms with Crippen LogP contribution in [0.4, 0.5) is 14.5 Å². The first-order chi connectivity index (χ1) is 14.1. The summed E-state index contributed by atoms with van der Waals surface area (Å²) in [6, 6.07) is 12.2. The molecule has 2 aromatic rings. The standard InChI is InChI=1S/C21H24F2N2O4S/c1-15(2)29-18-9-7-17(8-10-18)24-20(26)16-5-3-6-19(13-16)30(27,28)25-12-4-11-21(22,23)14-25/h3,5-10,13,15H,4,11-12,14H2,1-2H3,(H,24,26). The Labute approximate surface area is 174 Å². The van der Waals surface area contributed by atoms with Crippen molar-refractivity contribution < 1.29 is 26.7 Å². The van der Waals surface area contributed by atoms with Crippen molar-refractivity contribution in [3.63, 3.8) is 0 Å². The van der Waals surface area contributed by atoms with Gasteiger partial charge in [-0.15, -0.1) is 0 Å². The van der Waals surface area contributed by atoms with Gasteiger partial charge in [-0.25, -0.2) is 17.2 Å². The number of sulfonamides is 1. The van der Waals surface area contributed by atoms with E-state index in [9.17, 15) is 22.0 Å². The Bertz CT molecular complexity index is 1010. The van der Waals surface area contributed by atoms with Crippen molar-refractivity contribution >= 4 is 21.6 Å². The van der Waals surface area contributed by atoms with Crippen molar-refractivity contribution in [1.29, 1.82) is 0 Å². The zero-order valence-electron chi connectivity index (χ0n) is 16.8. The Morgan fingerprint density at radius 2 is 1.87 bits per heavy atom. The van der Waals surface area contributed by atoms with Gasteiger partial charge in [-0.2, -0.15) is 4.31 Å². The molecule has 0 radical (unpaired) electrons.